The van der Waals surface area contributed by atoms with Crippen molar-refractivity contribution in [1.29, 1.82) is 0 Å². The van der Waals surface area contributed by atoms with Crippen molar-refractivity contribution in [2.24, 2.45) is 0 Å². The molecule has 10 rings (SSSR count). The monoisotopic (exact) mass is 1520 g/mol. The van der Waals surface area contributed by atoms with Crippen LogP contribution in [0.15, 0.2) is 72.8 Å². The summed E-state index contributed by atoms with van der Waals surface area (Å²) in [4.78, 5) is 53.4. The molecule has 34 heteroatoms. The van der Waals surface area contributed by atoms with Crippen LogP contribution in [-0.4, -0.2) is 120 Å². The number of fused-ring (bicyclic) bond motifs is 5. The molecule has 76 heavy (non-hydrogen) atoms. The second kappa shape index (κ2) is 36.5. The zero-order valence-corrected chi connectivity index (χ0v) is 64.6. The van der Waals surface area contributed by atoms with Crippen LogP contribution in [0.2, 0.25) is 0 Å². The van der Waals surface area contributed by atoms with Crippen molar-refractivity contribution in [3.05, 3.63) is 106 Å². The number of hydrogen-bond acceptors (Lipinski definition) is 11. The number of benzene rings is 3. The number of aliphatic hydroxyl groups is 1. The number of hydrogen-bond donors (Lipinski definition) is 1. The van der Waals surface area contributed by atoms with Gasteiger partial charge in [0.1, 0.15) is 0 Å². The summed E-state index contributed by atoms with van der Waals surface area (Å²) in [5.41, 5.74) is 4.18. The number of carbonyl (C=O) groups is 4. The topological polar surface area (TPSA) is 154 Å². The third kappa shape index (κ3) is 19.7. The SMILES string of the molecule is CC1(CCN2C(=O)c3ccccc3C2=O)OCCO1.CC1(CCN2C(=O)c3ccccc3C2O)OCCO1.O=C1c2ccccc2C2CC3(CCN12)OCCO3.PP(P)P(P(P)P)P(P(P)P)P(P)P.[V].[V].[V].[V].[V].[V]. The van der Waals surface area contributed by atoms with Crippen LogP contribution in [0.1, 0.15) is 104 Å². The Morgan fingerprint density at radius 3 is 1.30 bits per heavy atom. The molecule has 3 aromatic carbocycles. The van der Waals surface area contributed by atoms with E-state index in [2.05, 4.69) is 71.4 Å². The van der Waals surface area contributed by atoms with E-state index < -0.39 is 23.6 Å². The van der Waals surface area contributed by atoms with Crippen molar-refractivity contribution in [3.8, 4) is 0 Å². The number of ether oxygens (including phenoxy) is 6. The summed E-state index contributed by atoms with van der Waals surface area (Å²) >= 11 is 0. The van der Waals surface area contributed by atoms with Crippen LogP contribution in [0.4, 0.5) is 0 Å². The Balaban J connectivity index is 0.000000497. The number of rotatable bonds is 11. The van der Waals surface area contributed by atoms with Gasteiger partial charge in [0.15, 0.2) is 23.6 Å². The molecule has 4 saturated heterocycles. The minimum atomic E-state index is -0.867. The first-order valence-corrected chi connectivity index (χ1v) is 46.9. The summed E-state index contributed by atoms with van der Waals surface area (Å²) in [5, 5.41) is 10.2. The van der Waals surface area contributed by atoms with Gasteiger partial charge in [0, 0.05) is 173 Å². The molecule has 4 fully saturated rings. The van der Waals surface area contributed by atoms with Gasteiger partial charge >= 0.3 is 0 Å². The Kier molecular flexibility index (Phi) is 37.9. The van der Waals surface area contributed by atoms with E-state index in [1.165, 1.54) is 9.80 Å². The number of carbonyl (C=O) groups excluding carboxylic acids is 4. The maximum absolute atomic E-state index is 12.3. The number of aliphatic hydroxyl groups excluding tert-OH is 1. The molecule has 412 valence electrons. The molecule has 7 aliphatic rings. The summed E-state index contributed by atoms with van der Waals surface area (Å²) in [6.45, 7) is 9.47. The standard InChI is InChI=1S/C14H17NO4.C14H15NO4.C14H15NO3.H16P14.6V/c2*1-14(18-8-9-19-14)6-7-15-12(16)10-4-2-3-5-11(10)13(15)17;16-13-11-4-2-1-3-10(11)12-9-14(5-6-15(12)13)17-7-8-18-14;1-9(2)13(10(3)4)14(11(5)6)12(7)8;;;;;;/h2-5,12,16H,6-9H2,1H3;2-5H,6-9H2,1H3;1-4,12H,5-9H2;1-8H2;;;;;;. The molecule has 0 aromatic heterocycles. The molecular weight excluding hydrogens is 1460 g/mol. The van der Waals surface area contributed by atoms with E-state index in [9.17, 15) is 24.3 Å². The van der Waals surface area contributed by atoms with Crippen LogP contribution >= 0.6 is 113 Å². The van der Waals surface area contributed by atoms with E-state index in [4.69, 9.17) is 28.4 Å². The van der Waals surface area contributed by atoms with E-state index in [1.807, 2.05) is 49.1 Å². The second-order valence-corrected chi connectivity index (χ2v) is 70.6. The van der Waals surface area contributed by atoms with Gasteiger partial charge in [-0.05, 0) is 85.6 Å². The van der Waals surface area contributed by atoms with Gasteiger partial charge < -0.3 is 43.3 Å². The molecule has 7 heterocycles. The average Bonchev–Trinajstić information content (AvgIpc) is 4.21. The van der Waals surface area contributed by atoms with E-state index in [0.717, 1.165) is 30.5 Å². The quantitative estimate of drug-likeness (QED) is 0.144. The van der Waals surface area contributed by atoms with Crippen LogP contribution in [-0.2, 0) is 140 Å². The van der Waals surface area contributed by atoms with Gasteiger partial charge in [-0.2, -0.15) is 0 Å². The van der Waals surface area contributed by atoms with Gasteiger partial charge in [0.05, 0.1) is 56.8 Å². The number of nitrogens with zero attached hydrogens (tertiary/aromatic N) is 3. The molecule has 14 nitrogen and oxygen atoms in total. The fraction of sp³-hybridized carbons (Fsp3) is 0.476. The maximum atomic E-state index is 12.3. The summed E-state index contributed by atoms with van der Waals surface area (Å²) in [6, 6.07) is 22.0. The van der Waals surface area contributed by atoms with E-state index in [1.54, 1.807) is 42.5 Å². The first kappa shape index (κ1) is 79.0. The zero-order valence-electron chi connectivity index (χ0n) is 41.6. The van der Waals surface area contributed by atoms with Crippen LogP contribution in [0.25, 0.3) is 0 Å². The van der Waals surface area contributed by atoms with Crippen molar-refractivity contribution in [3.63, 3.8) is 0 Å². The van der Waals surface area contributed by atoms with Crippen LogP contribution in [0, 0.1) is 0 Å². The minimum Gasteiger partial charge on any atom is -0.369 e. The Bertz CT molecular complexity index is 2300. The number of imide groups is 1. The Morgan fingerprint density at radius 2 is 0.882 bits per heavy atom. The van der Waals surface area contributed by atoms with Gasteiger partial charge in [-0.15, -0.1) is 71.4 Å². The Hall–Kier alpha value is 4.99. The molecule has 1 N–H and O–H groups in total. The van der Waals surface area contributed by atoms with Gasteiger partial charge in [0.25, 0.3) is 23.6 Å². The molecule has 0 saturated carbocycles. The van der Waals surface area contributed by atoms with Gasteiger partial charge in [-0.3, -0.25) is 24.1 Å². The van der Waals surface area contributed by atoms with Crippen molar-refractivity contribution in [1.82, 2.24) is 14.7 Å². The third-order valence-electron chi connectivity index (χ3n) is 12.5. The molecule has 10 atom stereocenters. The maximum Gasteiger partial charge on any atom is 0.261 e. The summed E-state index contributed by atoms with van der Waals surface area (Å²) in [6.07, 6.45) is 1.70. The summed E-state index contributed by atoms with van der Waals surface area (Å²) < 4.78 is 33.5. The second-order valence-electron chi connectivity index (χ2n) is 17.1. The largest absolute Gasteiger partial charge is 0.369 e. The molecule has 0 aliphatic carbocycles. The smallest absolute Gasteiger partial charge is 0.261 e. The Labute approximate surface area is 544 Å². The fourth-order valence-electron chi connectivity index (χ4n) is 9.04. The molecule has 4 amide bonds. The Morgan fingerprint density at radius 1 is 0.513 bits per heavy atom. The molecular formula is C42H63N3O11P14V6. The molecule has 3 aromatic rings. The predicted molar refractivity (Wildman–Crippen MR) is 317 cm³/mol. The first-order chi connectivity index (χ1) is 33.3. The molecule has 1 spiro atoms. The third-order valence-corrected chi connectivity index (χ3v) is 91.4. The van der Waals surface area contributed by atoms with Crippen molar-refractivity contribution in [2.75, 3.05) is 59.3 Å². The van der Waals surface area contributed by atoms with Crippen LogP contribution < -0.4 is 0 Å². The fourth-order valence-corrected chi connectivity index (χ4v) is 156. The molecule has 6 radical (unpaired) electrons. The molecule has 10 unspecified atom stereocenters. The number of piperidine rings is 1. The minimum absolute atomic E-state index is 0. The first-order valence-electron chi connectivity index (χ1n) is 22.3. The molecule has 7 aliphatic heterocycles. The summed E-state index contributed by atoms with van der Waals surface area (Å²) in [5.74, 6) is -2.22. The van der Waals surface area contributed by atoms with E-state index >= 15 is 0 Å². The van der Waals surface area contributed by atoms with Gasteiger partial charge in [-0.25, -0.2) is 0 Å². The number of amides is 4. The van der Waals surface area contributed by atoms with Crippen LogP contribution in [0.3, 0.4) is 0 Å². The van der Waals surface area contributed by atoms with Crippen LogP contribution in [0.5, 0.6) is 0 Å². The van der Waals surface area contributed by atoms with Gasteiger partial charge in [0.2, 0.25) is 0 Å². The zero-order chi connectivity index (χ0) is 50.5. The van der Waals surface area contributed by atoms with Crippen molar-refractivity contribution < 1.29 is 164 Å². The summed E-state index contributed by atoms with van der Waals surface area (Å²) in [7, 11) is 24.4. The van der Waals surface area contributed by atoms with Crippen molar-refractivity contribution in [2.45, 2.75) is 69.2 Å². The normalized spacial score (nSPS) is 20.7. The van der Waals surface area contributed by atoms with E-state index in [0.29, 0.717) is 87.8 Å². The predicted octanol–water partition coefficient (Wildman–Crippen LogP) is 12.2. The van der Waals surface area contributed by atoms with Crippen molar-refractivity contribution >= 4 is 137 Å². The van der Waals surface area contributed by atoms with E-state index in [-0.39, 0.29) is 183 Å². The molecule has 0 bridgehead atoms. The average molecular weight is 1530 g/mol. The van der Waals surface area contributed by atoms with Gasteiger partial charge in [-0.1, -0.05) is 48.5 Å².